The third-order valence-electron chi connectivity index (χ3n) is 4.74. The molecule has 0 aliphatic carbocycles. The van der Waals surface area contributed by atoms with Crippen molar-refractivity contribution in [2.24, 2.45) is 4.99 Å². The average Bonchev–Trinajstić information content (AvgIpc) is 3.19. The second-order valence-corrected chi connectivity index (χ2v) is 6.94. The average molecular weight is 416 g/mol. The van der Waals surface area contributed by atoms with Crippen LogP contribution in [-0.4, -0.2) is 38.5 Å². The molecule has 0 aromatic heterocycles. The van der Waals surface area contributed by atoms with Gasteiger partial charge in [-0.25, -0.2) is 8.78 Å². The summed E-state index contributed by atoms with van der Waals surface area (Å²) in [7, 11) is 1.68. The normalized spacial score (nSPS) is 14.3. The van der Waals surface area contributed by atoms with Crippen molar-refractivity contribution in [1.82, 2.24) is 10.6 Å². The molecule has 1 amide bonds. The van der Waals surface area contributed by atoms with Crippen LogP contribution in [0.5, 0.6) is 5.75 Å². The zero-order valence-electron chi connectivity index (χ0n) is 16.9. The zero-order chi connectivity index (χ0) is 21.3. The summed E-state index contributed by atoms with van der Waals surface area (Å²) in [4.78, 5) is 17.9. The molecule has 8 heteroatoms. The number of hydrogen-bond donors (Lipinski definition) is 2. The van der Waals surface area contributed by atoms with Crippen LogP contribution in [0, 0.1) is 0 Å². The first-order chi connectivity index (χ1) is 14.5. The van der Waals surface area contributed by atoms with Crippen molar-refractivity contribution in [3.05, 3.63) is 59.7 Å². The molecule has 0 spiro atoms. The van der Waals surface area contributed by atoms with Gasteiger partial charge in [-0.2, -0.15) is 0 Å². The van der Waals surface area contributed by atoms with Crippen LogP contribution in [0.3, 0.4) is 0 Å². The van der Waals surface area contributed by atoms with Gasteiger partial charge >= 0.3 is 0 Å². The van der Waals surface area contributed by atoms with Gasteiger partial charge < -0.3 is 20.3 Å². The van der Waals surface area contributed by atoms with Gasteiger partial charge in [-0.3, -0.25) is 9.79 Å². The number of carbonyl (C=O) groups excluding carboxylic acids is 1. The van der Waals surface area contributed by atoms with Crippen LogP contribution in [0.2, 0.25) is 0 Å². The van der Waals surface area contributed by atoms with Gasteiger partial charge in [-0.1, -0.05) is 24.3 Å². The van der Waals surface area contributed by atoms with Crippen LogP contribution in [0.15, 0.2) is 53.5 Å². The van der Waals surface area contributed by atoms with E-state index < -0.39 is 13.0 Å². The maximum atomic E-state index is 12.3. The van der Waals surface area contributed by atoms with Crippen LogP contribution in [0.4, 0.5) is 14.5 Å². The molecular weight excluding hydrogens is 390 g/mol. The Bertz CT molecular complexity index is 872. The number of alkyl halides is 2. The quantitative estimate of drug-likeness (QED) is 0.512. The van der Waals surface area contributed by atoms with Gasteiger partial charge in [0.2, 0.25) is 5.91 Å². The Labute approximate surface area is 174 Å². The number of hydrogen-bond acceptors (Lipinski definition) is 3. The Morgan fingerprint density at radius 1 is 1.13 bits per heavy atom. The minimum absolute atomic E-state index is 0.175. The maximum Gasteiger partial charge on any atom is 0.272 e. The summed E-state index contributed by atoms with van der Waals surface area (Å²) >= 11 is 0. The monoisotopic (exact) mass is 416 g/mol. The molecule has 30 heavy (non-hydrogen) atoms. The zero-order valence-corrected chi connectivity index (χ0v) is 16.9. The number of ether oxygens (including phenoxy) is 1. The van der Waals surface area contributed by atoms with Gasteiger partial charge in [0.25, 0.3) is 6.43 Å². The van der Waals surface area contributed by atoms with Gasteiger partial charge in [-0.05, 0) is 41.8 Å². The van der Waals surface area contributed by atoms with Crippen molar-refractivity contribution in [3.8, 4) is 5.75 Å². The van der Waals surface area contributed by atoms with Gasteiger partial charge in [0.15, 0.2) is 5.96 Å². The summed E-state index contributed by atoms with van der Waals surface area (Å²) in [5, 5.41) is 6.43. The number of nitrogens with one attached hydrogen (secondary N) is 2. The van der Waals surface area contributed by atoms with E-state index in [9.17, 15) is 13.6 Å². The van der Waals surface area contributed by atoms with Crippen molar-refractivity contribution in [3.63, 3.8) is 0 Å². The number of halogens is 2. The van der Waals surface area contributed by atoms with Crippen LogP contribution in [0.1, 0.15) is 24.0 Å². The molecule has 3 rings (SSSR count). The fourth-order valence-electron chi connectivity index (χ4n) is 3.21. The fourth-order valence-corrected chi connectivity index (χ4v) is 3.21. The van der Waals surface area contributed by atoms with Gasteiger partial charge in [-0.15, -0.1) is 0 Å². The molecule has 1 aliphatic rings. The van der Waals surface area contributed by atoms with E-state index in [0.29, 0.717) is 31.2 Å². The predicted molar refractivity (Wildman–Crippen MR) is 113 cm³/mol. The van der Waals surface area contributed by atoms with E-state index in [4.69, 9.17) is 4.74 Å². The molecule has 0 bridgehead atoms. The number of nitrogens with zero attached hydrogens (tertiary/aromatic N) is 2. The second-order valence-electron chi connectivity index (χ2n) is 6.94. The number of rotatable bonds is 8. The molecular formula is C22H26F2N4O2. The number of aliphatic imine (C=N–C) groups is 1. The topological polar surface area (TPSA) is 66.0 Å². The smallest absolute Gasteiger partial charge is 0.272 e. The van der Waals surface area contributed by atoms with Crippen molar-refractivity contribution in [2.75, 3.05) is 25.1 Å². The number of benzene rings is 2. The van der Waals surface area contributed by atoms with E-state index in [-0.39, 0.29) is 5.91 Å². The Kier molecular flexibility index (Phi) is 7.59. The van der Waals surface area contributed by atoms with E-state index in [1.807, 2.05) is 35.2 Å². The molecule has 0 saturated carbocycles. The fraction of sp³-hybridized carbons (Fsp3) is 0.364. The molecule has 160 valence electrons. The lowest BCUT2D eigenvalue weighted by molar-refractivity contribution is -0.117. The molecule has 2 aromatic rings. The standard InChI is InChI=1S/C22H26F2N4O2/c1-25-22(27-14-17-4-2-5-19(12-17)30-15-20(23)24)26-13-16-7-9-18(10-8-16)28-11-3-6-21(28)29/h2,4-5,7-10,12,20H,3,6,11,13-15H2,1H3,(H2,25,26,27). The molecule has 6 nitrogen and oxygen atoms in total. The van der Waals surface area contributed by atoms with Gasteiger partial charge in [0, 0.05) is 38.8 Å². The Morgan fingerprint density at radius 2 is 1.87 bits per heavy atom. The maximum absolute atomic E-state index is 12.3. The lowest BCUT2D eigenvalue weighted by Gasteiger charge is -2.16. The van der Waals surface area contributed by atoms with Crippen molar-refractivity contribution in [2.45, 2.75) is 32.4 Å². The Balaban J connectivity index is 1.48. The summed E-state index contributed by atoms with van der Waals surface area (Å²) in [6, 6.07) is 14.9. The predicted octanol–water partition coefficient (Wildman–Crippen LogP) is 3.32. The first-order valence-corrected chi connectivity index (χ1v) is 9.89. The minimum Gasteiger partial charge on any atom is -0.488 e. The van der Waals surface area contributed by atoms with E-state index in [1.165, 1.54) is 0 Å². The highest BCUT2D eigenvalue weighted by Gasteiger charge is 2.21. The van der Waals surface area contributed by atoms with Crippen LogP contribution < -0.4 is 20.3 Å². The first-order valence-electron chi connectivity index (χ1n) is 9.89. The van der Waals surface area contributed by atoms with E-state index in [2.05, 4.69) is 15.6 Å². The summed E-state index contributed by atoms with van der Waals surface area (Å²) < 4.78 is 29.6. The molecule has 1 saturated heterocycles. The number of amides is 1. The SMILES string of the molecule is CN=C(NCc1ccc(N2CCCC2=O)cc1)NCc1cccc(OCC(F)F)c1. The lowest BCUT2D eigenvalue weighted by atomic mass is 10.2. The van der Waals surface area contributed by atoms with Crippen LogP contribution in [-0.2, 0) is 17.9 Å². The van der Waals surface area contributed by atoms with E-state index >= 15 is 0 Å². The van der Waals surface area contributed by atoms with E-state index in [0.717, 1.165) is 29.8 Å². The Hall–Kier alpha value is -3.16. The number of guanidine groups is 1. The molecule has 1 aliphatic heterocycles. The number of carbonyl (C=O) groups is 1. The minimum atomic E-state index is -2.50. The summed E-state index contributed by atoms with van der Waals surface area (Å²) in [6.07, 6.45) is -0.975. The van der Waals surface area contributed by atoms with Crippen molar-refractivity contribution in [1.29, 1.82) is 0 Å². The van der Waals surface area contributed by atoms with E-state index in [1.54, 1.807) is 25.2 Å². The van der Waals surface area contributed by atoms with Gasteiger partial charge in [0.05, 0.1) is 0 Å². The second kappa shape index (κ2) is 10.6. The summed E-state index contributed by atoms with van der Waals surface area (Å²) in [6.45, 7) is 1.21. The molecule has 1 heterocycles. The largest absolute Gasteiger partial charge is 0.488 e. The third-order valence-corrected chi connectivity index (χ3v) is 4.74. The molecule has 0 atom stereocenters. The third kappa shape index (κ3) is 6.17. The van der Waals surface area contributed by atoms with Crippen LogP contribution >= 0.6 is 0 Å². The van der Waals surface area contributed by atoms with Crippen molar-refractivity contribution >= 4 is 17.6 Å². The highest BCUT2D eigenvalue weighted by atomic mass is 19.3. The molecule has 2 N–H and O–H groups in total. The molecule has 1 fully saturated rings. The lowest BCUT2D eigenvalue weighted by Crippen LogP contribution is -2.36. The van der Waals surface area contributed by atoms with Crippen molar-refractivity contribution < 1.29 is 18.3 Å². The molecule has 2 aromatic carbocycles. The Morgan fingerprint density at radius 3 is 2.50 bits per heavy atom. The van der Waals surface area contributed by atoms with Crippen LogP contribution in [0.25, 0.3) is 0 Å². The summed E-state index contributed by atoms with van der Waals surface area (Å²) in [5.41, 5.74) is 2.89. The highest BCUT2D eigenvalue weighted by Crippen LogP contribution is 2.21. The highest BCUT2D eigenvalue weighted by molar-refractivity contribution is 5.95. The number of anilines is 1. The van der Waals surface area contributed by atoms with Gasteiger partial charge in [0.1, 0.15) is 12.4 Å². The molecule has 0 unspecified atom stereocenters. The first kappa shape index (κ1) is 21.5. The summed E-state index contributed by atoms with van der Waals surface area (Å²) in [5.74, 6) is 1.20. The molecule has 0 radical (unpaired) electrons.